The fourth-order valence-corrected chi connectivity index (χ4v) is 3.11. The Bertz CT molecular complexity index is 367. The largest absolute Gasteiger partial charge is 0.505 e. The van der Waals surface area contributed by atoms with Crippen LogP contribution in [-0.4, -0.2) is 5.11 Å². The summed E-state index contributed by atoms with van der Waals surface area (Å²) in [6, 6.07) is 3.71. The van der Waals surface area contributed by atoms with Crippen LogP contribution in [0.5, 0.6) is 5.75 Å². The Hall–Kier alpha value is -0.400. The molecule has 1 fully saturated rings. The number of aromatic hydroxyl groups is 1. The summed E-state index contributed by atoms with van der Waals surface area (Å²) < 4.78 is 0. The van der Waals surface area contributed by atoms with Crippen molar-refractivity contribution in [2.24, 2.45) is 5.92 Å². The molecule has 1 saturated carbocycles. The molecule has 1 nitrogen and oxygen atoms in total. The molecule has 2 rings (SSSR count). The maximum atomic E-state index is 9.53. The van der Waals surface area contributed by atoms with Gasteiger partial charge in [-0.1, -0.05) is 49.4 Å². The molecular weight excluding hydrogens is 243 g/mol. The van der Waals surface area contributed by atoms with Gasteiger partial charge < -0.3 is 5.11 Å². The molecule has 1 aromatic rings. The van der Waals surface area contributed by atoms with Gasteiger partial charge >= 0.3 is 0 Å². The van der Waals surface area contributed by atoms with Crippen molar-refractivity contribution in [1.82, 2.24) is 0 Å². The van der Waals surface area contributed by atoms with Crippen molar-refractivity contribution >= 4 is 23.2 Å². The third kappa shape index (κ3) is 2.31. The number of phenolic OH excluding ortho intramolecular Hbond substituents is 1. The first-order valence-electron chi connectivity index (χ1n) is 5.77. The highest BCUT2D eigenvalue weighted by molar-refractivity contribution is 6.37. The van der Waals surface area contributed by atoms with Crippen molar-refractivity contribution in [3.63, 3.8) is 0 Å². The Morgan fingerprint density at radius 1 is 1.12 bits per heavy atom. The minimum atomic E-state index is -0.00412. The molecule has 88 valence electrons. The van der Waals surface area contributed by atoms with E-state index in [1.165, 1.54) is 31.2 Å². The summed E-state index contributed by atoms with van der Waals surface area (Å²) >= 11 is 11.9. The summed E-state index contributed by atoms with van der Waals surface area (Å²) in [7, 11) is 0. The molecule has 1 aromatic carbocycles. The summed E-state index contributed by atoms with van der Waals surface area (Å²) in [6.07, 6.45) is 5.04. The Morgan fingerprint density at radius 3 is 2.25 bits per heavy atom. The van der Waals surface area contributed by atoms with Gasteiger partial charge in [0.25, 0.3) is 0 Å². The summed E-state index contributed by atoms with van der Waals surface area (Å²) in [4.78, 5) is 0. The Balaban J connectivity index is 2.32. The molecule has 0 aromatic heterocycles. The van der Waals surface area contributed by atoms with Gasteiger partial charge in [0, 0.05) is 0 Å². The molecule has 0 spiro atoms. The van der Waals surface area contributed by atoms with Crippen molar-refractivity contribution in [1.29, 1.82) is 0 Å². The number of halogens is 2. The highest BCUT2D eigenvalue weighted by atomic mass is 35.5. The van der Waals surface area contributed by atoms with Gasteiger partial charge in [0.1, 0.15) is 0 Å². The zero-order chi connectivity index (χ0) is 11.7. The summed E-state index contributed by atoms with van der Waals surface area (Å²) in [5, 5.41) is 10.3. The summed E-state index contributed by atoms with van der Waals surface area (Å²) in [5.41, 5.74) is 1.17. The van der Waals surface area contributed by atoms with Gasteiger partial charge in [-0.2, -0.15) is 0 Å². The van der Waals surface area contributed by atoms with Crippen LogP contribution in [0.4, 0.5) is 0 Å². The predicted molar refractivity (Wildman–Crippen MR) is 68.5 cm³/mol. The van der Waals surface area contributed by atoms with E-state index in [0.29, 0.717) is 21.9 Å². The lowest BCUT2D eigenvalue weighted by atomic mass is 9.76. The molecule has 0 aliphatic heterocycles. The molecule has 0 amide bonds. The lowest BCUT2D eigenvalue weighted by Gasteiger charge is -2.29. The fourth-order valence-electron chi connectivity index (χ4n) is 2.61. The minimum Gasteiger partial charge on any atom is -0.505 e. The average molecular weight is 259 g/mol. The summed E-state index contributed by atoms with van der Waals surface area (Å²) in [6.45, 7) is 2.28. The molecule has 16 heavy (non-hydrogen) atoms. The second-order valence-electron chi connectivity index (χ2n) is 4.70. The highest BCUT2D eigenvalue weighted by Gasteiger charge is 2.24. The zero-order valence-corrected chi connectivity index (χ0v) is 10.9. The normalized spacial score (nSPS) is 25.7. The van der Waals surface area contributed by atoms with E-state index in [2.05, 4.69) is 6.92 Å². The molecule has 1 aliphatic rings. The average Bonchev–Trinajstić information content (AvgIpc) is 2.26. The molecule has 2 unspecified atom stereocenters. The van der Waals surface area contributed by atoms with Crippen LogP contribution in [-0.2, 0) is 0 Å². The van der Waals surface area contributed by atoms with Gasteiger partial charge in [-0.15, -0.1) is 0 Å². The van der Waals surface area contributed by atoms with E-state index in [0.717, 1.165) is 0 Å². The monoisotopic (exact) mass is 258 g/mol. The van der Waals surface area contributed by atoms with Crippen LogP contribution in [0.1, 0.15) is 44.1 Å². The summed E-state index contributed by atoms with van der Waals surface area (Å²) in [5.74, 6) is 1.20. The number of benzene rings is 1. The van der Waals surface area contributed by atoms with Crippen LogP contribution in [0.3, 0.4) is 0 Å². The zero-order valence-electron chi connectivity index (χ0n) is 9.34. The second-order valence-corrected chi connectivity index (χ2v) is 5.52. The van der Waals surface area contributed by atoms with Crippen molar-refractivity contribution in [2.45, 2.75) is 38.5 Å². The van der Waals surface area contributed by atoms with Crippen LogP contribution in [0, 0.1) is 5.92 Å². The van der Waals surface area contributed by atoms with Crippen LogP contribution in [0.2, 0.25) is 10.0 Å². The number of rotatable bonds is 1. The van der Waals surface area contributed by atoms with Crippen molar-refractivity contribution < 1.29 is 5.11 Å². The maximum absolute atomic E-state index is 9.53. The number of hydrogen-bond acceptors (Lipinski definition) is 1. The van der Waals surface area contributed by atoms with Crippen molar-refractivity contribution in [2.75, 3.05) is 0 Å². The van der Waals surface area contributed by atoms with Crippen molar-refractivity contribution in [3.05, 3.63) is 27.7 Å². The first-order chi connectivity index (χ1) is 7.59. The standard InChI is InChI=1S/C13H16Cl2O/c1-8-4-2-3-5-10(8)9-6-11(14)13(16)12(15)7-9/h6-8,10,16H,2-5H2,1H3. The van der Waals surface area contributed by atoms with Crippen molar-refractivity contribution in [3.8, 4) is 5.75 Å². The molecule has 1 N–H and O–H groups in total. The van der Waals surface area contributed by atoms with Crippen LogP contribution >= 0.6 is 23.2 Å². The first kappa shape index (κ1) is 12.1. The number of hydrogen-bond donors (Lipinski definition) is 1. The van der Waals surface area contributed by atoms with E-state index in [9.17, 15) is 5.11 Å². The number of phenols is 1. The Kier molecular flexibility index (Phi) is 3.66. The quantitative estimate of drug-likeness (QED) is 0.753. The molecule has 0 radical (unpaired) electrons. The molecule has 2 atom stereocenters. The third-order valence-corrected chi connectivity index (χ3v) is 4.16. The van der Waals surface area contributed by atoms with Gasteiger partial charge in [0.15, 0.2) is 5.75 Å². The molecule has 0 heterocycles. The van der Waals surface area contributed by atoms with E-state index < -0.39 is 0 Å². The van der Waals surface area contributed by atoms with Crippen LogP contribution in [0.15, 0.2) is 12.1 Å². The predicted octanol–water partition coefficient (Wildman–Crippen LogP) is 4.99. The fraction of sp³-hybridized carbons (Fsp3) is 0.538. The topological polar surface area (TPSA) is 20.2 Å². The Labute approximate surface area is 106 Å². The van der Waals surface area contributed by atoms with Crippen LogP contribution < -0.4 is 0 Å². The van der Waals surface area contributed by atoms with Gasteiger partial charge in [-0.3, -0.25) is 0 Å². The van der Waals surface area contributed by atoms with Gasteiger partial charge in [-0.05, 0) is 36.0 Å². The molecular formula is C13H16Cl2O. The van der Waals surface area contributed by atoms with E-state index in [1.54, 1.807) is 0 Å². The van der Waals surface area contributed by atoms with Crippen LogP contribution in [0.25, 0.3) is 0 Å². The van der Waals surface area contributed by atoms with E-state index >= 15 is 0 Å². The van der Waals surface area contributed by atoms with Gasteiger partial charge in [0.05, 0.1) is 10.0 Å². The van der Waals surface area contributed by atoms with E-state index in [4.69, 9.17) is 23.2 Å². The minimum absolute atomic E-state index is 0.00412. The molecule has 0 saturated heterocycles. The molecule has 3 heteroatoms. The molecule has 1 aliphatic carbocycles. The third-order valence-electron chi connectivity index (χ3n) is 3.58. The van der Waals surface area contributed by atoms with Gasteiger partial charge in [-0.25, -0.2) is 0 Å². The maximum Gasteiger partial charge on any atom is 0.152 e. The van der Waals surface area contributed by atoms with E-state index in [-0.39, 0.29) is 5.75 Å². The first-order valence-corrected chi connectivity index (χ1v) is 6.53. The molecule has 0 bridgehead atoms. The smallest absolute Gasteiger partial charge is 0.152 e. The lowest BCUT2D eigenvalue weighted by molar-refractivity contribution is 0.330. The van der Waals surface area contributed by atoms with E-state index in [1.807, 2.05) is 12.1 Å². The Morgan fingerprint density at radius 2 is 1.69 bits per heavy atom. The SMILES string of the molecule is CC1CCCCC1c1cc(Cl)c(O)c(Cl)c1. The second kappa shape index (κ2) is 4.85. The lowest BCUT2D eigenvalue weighted by Crippen LogP contribution is -2.14. The highest BCUT2D eigenvalue weighted by Crippen LogP contribution is 2.41. The van der Waals surface area contributed by atoms with Gasteiger partial charge in [0.2, 0.25) is 0 Å².